The Morgan fingerprint density at radius 3 is 2.90 bits per heavy atom. The summed E-state index contributed by atoms with van der Waals surface area (Å²) < 4.78 is 1.60. The third kappa shape index (κ3) is 1.87. The van der Waals surface area contributed by atoms with Gasteiger partial charge < -0.3 is 10.7 Å². The van der Waals surface area contributed by atoms with Gasteiger partial charge in [-0.25, -0.2) is 4.98 Å². The number of anilines is 1. The van der Waals surface area contributed by atoms with Crippen molar-refractivity contribution in [2.24, 2.45) is 0 Å². The van der Waals surface area contributed by atoms with Crippen molar-refractivity contribution in [3.05, 3.63) is 65.1 Å². The quantitative estimate of drug-likeness (QED) is 0.524. The van der Waals surface area contributed by atoms with E-state index in [2.05, 4.69) is 9.97 Å². The third-order valence-electron chi connectivity index (χ3n) is 3.49. The number of benzene rings is 1. The maximum atomic E-state index is 12.1. The molecule has 5 nitrogen and oxygen atoms in total. The number of rotatable bonds is 1. The van der Waals surface area contributed by atoms with Gasteiger partial charge in [0.25, 0.3) is 5.56 Å². The number of aromatic amines is 1. The monoisotopic (exact) mass is 276 g/mol. The van der Waals surface area contributed by atoms with Gasteiger partial charge in [-0.2, -0.15) is 0 Å². The molecule has 0 aliphatic carbocycles. The van der Waals surface area contributed by atoms with Gasteiger partial charge in [-0.15, -0.1) is 0 Å². The molecule has 0 aliphatic rings. The van der Waals surface area contributed by atoms with Gasteiger partial charge in [-0.3, -0.25) is 9.20 Å². The van der Waals surface area contributed by atoms with E-state index in [4.69, 9.17) is 5.73 Å². The van der Waals surface area contributed by atoms with Gasteiger partial charge in [-0.1, -0.05) is 6.07 Å². The Hall–Kier alpha value is -3.08. The Labute approximate surface area is 119 Å². The number of nitrogens with one attached hydrogen (secondary N) is 1. The van der Waals surface area contributed by atoms with Crippen molar-refractivity contribution in [3.8, 4) is 11.4 Å². The summed E-state index contributed by atoms with van der Waals surface area (Å²) in [7, 11) is 0. The van der Waals surface area contributed by atoms with Gasteiger partial charge >= 0.3 is 0 Å². The average molecular weight is 276 g/mol. The number of hydrogen-bond acceptors (Lipinski definition) is 3. The first-order chi connectivity index (χ1) is 10.2. The van der Waals surface area contributed by atoms with E-state index in [9.17, 15) is 4.79 Å². The number of imidazole rings is 1. The van der Waals surface area contributed by atoms with Crippen LogP contribution in [0.2, 0.25) is 0 Å². The molecule has 0 bridgehead atoms. The van der Waals surface area contributed by atoms with Crippen LogP contribution in [0.1, 0.15) is 0 Å². The molecule has 0 fully saturated rings. The molecule has 0 radical (unpaired) electrons. The number of aromatic nitrogens is 3. The van der Waals surface area contributed by atoms with Gasteiger partial charge in [0.2, 0.25) is 0 Å². The lowest BCUT2D eigenvalue weighted by Gasteiger charge is -2.02. The summed E-state index contributed by atoms with van der Waals surface area (Å²) >= 11 is 0. The normalized spacial score (nSPS) is 11.2. The van der Waals surface area contributed by atoms with Crippen LogP contribution >= 0.6 is 0 Å². The summed E-state index contributed by atoms with van der Waals surface area (Å²) in [5, 5.41) is 0. The second kappa shape index (κ2) is 4.21. The zero-order chi connectivity index (χ0) is 14.4. The number of nitrogen functional groups attached to an aromatic ring is 1. The average Bonchev–Trinajstić information content (AvgIpc) is 2.90. The Morgan fingerprint density at radius 1 is 1.10 bits per heavy atom. The maximum absolute atomic E-state index is 12.1. The van der Waals surface area contributed by atoms with E-state index in [1.54, 1.807) is 16.7 Å². The SMILES string of the molecule is Nc1ccc2nc(-c3cc(=O)n4ccccc4c3)[nH]c2c1. The predicted molar refractivity (Wildman–Crippen MR) is 83.2 cm³/mol. The van der Waals surface area contributed by atoms with E-state index in [1.165, 1.54) is 0 Å². The molecule has 0 saturated carbocycles. The van der Waals surface area contributed by atoms with Crippen LogP contribution in [0.15, 0.2) is 59.5 Å². The standard InChI is InChI=1S/C16H12N4O/c17-11-4-5-13-14(9-11)19-16(18-13)10-7-12-3-1-2-6-20(12)15(21)8-10/h1-9H,17H2,(H,18,19). The fourth-order valence-electron chi connectivity index (χ4n) is 2.48. The lowest BCUT2D eigenvalue weighted by Crippen LogP contribution is -2.11. The Balaban J connectivity index is 1.97. The Morgan fingerprint density at radius 2 is 2.00 bits per heavy atom. The minimum atomic E-state index is -0.0805. The van der Waals surface area contributed by atoms with Crippen molar-refractivity contribution in [3.63, 3.8) is 0 Å². The zero-order valence-electron chi connectivity index (χ0n) is 11.1. The van der Waals surface area contributed by atoms with Crippen LogP contribution in [0.25, 0.3) is 27.9 Å². The lowest BCUT2D eigenvalue weighted by molar-refractivity contribution is 1.09. The van der Waals surface area contributed by atoms with Gasteiger partial charge in [-0.05, 0) is 36.4 Å². The molecule has 5 heteroatoms. The molecule has 1 aromatic carbocycles. The lowest BCUT2D eigenvalue weighted by atomic mass is 10.2. The van der Waals surface area contributed by atoms with Crippen LogP contribution in [0.3, 0.4) is 0 Å². The fourth-order valence-corrected chi connectivity index (χ4v) is 2.48. The van der Waals surface area contributed by atoms with Crippen LogP contribution in [-0.2, 0) is 0 Å². The number of H-pyrrole nitrogens is 1. The molecule has 4 aromatic rings. The number of fused-ring (bicyclic) bond motifs is 2. The highest BCUT2D eigenvalue weighted by Gasteiger charge is 2.08. The molecule has 3 aromatic heterocycles. The summed E-state index contributed by atoms with van der Waals surface area (Å²) in [6.07, 6.45) is 1.75. The smallest absolute Gasteiger partial charge is 0.255 e. The molecule has 102 valence electrons. The van der Waals surface area contributed by atoms with E-state index < -0.39 is 0 Å². The van der Waals surface area contributed by atoms with Gasteiger partial charge in [0.05, 0.1) is 11.0 Å². The number of nitrogens with zero attached hydrogens (tertiary/aromatic N) is 2. The largest absolute Gasteiger partial charge is 0.399 e. The summed E-state index contributed by atoms with van der Waals surface area (Å²) in [6, 6.07) is 14.6. The molecule has 0 amide bonds. The van der Waals surface area contributed by atoms with E-state index in [1.807, 2.05) is 42.5 Å². The summed E-state index contributed by atoms with van der Waals surface area (Å²) in [5.74, 6) is 0.666. The maximum Gasteiger partial charge on any atom is 0.255 e. The van der Waals surface area contributed by atoms with Crippen LogP contribution in [0.4, 0.5) is 5.69 Å². The second-order valence-corrected chi connectivity index (χ2v) is 4.94. The molecular formula is C16H12N4O. The van der Waals surface area contributed by atoms with E-state index >= 15 is 0 Å². The molecule has 0 unspecified atom stereocenters. The van der Waals surface area contributed by atoms with Crippen molar-refractivity contribution < 1.29 is 0 Å². The first-order valence-electron chi connectivity index (χ1n) is 6.58. The second-order valence-electron chi connectivity index (χ2n) is 4.94. The van der Waals surface area contributed by atoms with Crippen LogP contribution in [0.5, 0.6) is 0 Å². The fraction of sp³-hybridized carbons (Fsp3) is 0. The topological polar surface area (TPSA) is 76.2 Å². The van der Waals surface area contributed by atoms with Gasteiger partial charge in [0, 0.05) is 29.0 Å². The number of nitrogens with two attached hydrogens (primary N) is 1. The van der Waals surface area contributed by atoms with E-state index in [0.717, 1.165) is 22.1 Å². The predicted octanol–water partition coefficient (Wildman–Crippen LogP) is 2.42. The molecule has 3 heterocycles. The van der Waals surface area contributed by atoms with Crippen molar-refractivity contribution in [2.75, 3.05) is 5.73 Å². The Kier molecular flexibility index (Phi) is 2.35. The van der Waals surface area contributed by atoms with Crippen LogP contribution in [-0.4, -0.2) is 14.4 Å². The third-order valence-corrected chi connectivity index (χ3v) is 3.49. The van der Waals surface area contributed by atoms with E-state index in [0.29, 0.717) is 11.5 Å². The molecule has 4 rings (SSSR count). The van der Waals surface area contributed by atoms with Crippen LogP contribution in [0, 0.1) is 0 Å². The first kappa shape index (κ1) is 11.7. The van der Waals surface area contributed by atoms with Crippen molar-refractivity contribution in [1.29, 1.82) is 0 Å². The first-order valence-corrected chi connectivity index (χ1v) is 6.58. The summed E-state index contributed by atoms with van der Waals surface area (Å²) in [4.78, 5) is 19.9. The Bertz CT molecular complexity index is 1030. The van der Waals surface area contributed by atoms with Crippen molar-refractivity contribution >= 4 is 22.2 Å². The molecule has 0 saturated heterocycles. The number of hydrogen-bond donors (Lipinski definition) is 2. The van der Waals surface area contributed by atoms with Crippen LogP contribution < -0.4 is 11.3 Å². The minimum Gasteiger partial charge on any atom is -0.399 e. The number of pyridine rings is 2. The molecule has 0 aliphatic heterocycles. The molecule has 0 spiro atoms. The minimum absolute atomic E-state index is 0.0805. The van der Waals surface area contributed by atoms with Crippen molar-refractivity contribution in [2.45, 2.75) is 0 Å². The molecular weight excluding hydrogens is 264 g/mol. The zero-order valence-corrected chi connectivity index (χ0v) is 11.1. The highest BCUT2D eigenvalue weighted by atomic mass is 16.1. The van der Waals surface area contributed by atoms with Crippen molar-refractivity contribution in [1.82, 2.24) is 14.4 Å². The summed E-state index contributed by atoms with van der Waals surface area (Å²) in [6.45, 7) is 0. The molecule has 21 heavy (non-hydrogen) atoms. The van der Waals surface area contributed by atoms with Gasteiger partial charge in [0.1, 0.15) is 5.82 Å². The highest BCUT2D eigenvalue weighted by molar-refractivity contribution is 5.82. The van der Waals surface area contributed by atoms with Gasteiger partial charge in [0.15, 0.2) is 0 Å². The molecule has 0 atom stereocenters. The summed E-state index contributed by atoms with van der Waals surface area (Å²) in [5.41, 5.74) is 9.65. The molecule has 3 N–H and O–H groups in total. The van der Waals surface area contributed by atoms with E-state index in [-0.39, 0.29) is 5.56 Å². The highest BCUT2D eigenvalue weighted by Crippen LogP contribution is 2.22.